The van der Waals surface area contributed by atoms with Crippen LogP contribution in [0, 0.1) is 10.8 Å². The van der Waals surface area contributed by atoms with E-state index in [4.69, 9.17) is 9.47 Å². The number of nitrogens with zero attached hydrogens (tertiary/aromatic N) is 2. The molecule has 3 aromatic carbocycles. The van der Waals surface area contributed by atoms with Gasteiger partial charge in [0.2, 0.25) is 35.4 Å². The van der Waals surface area contributed by atoms with Crippen molar-refractivity contribution in [2.75, 3.05) is 27.2 Å². The largest absolute Gasteiger partial charge is 0.488 e. The second kappa shape index (κ2) is 22.8. The Morgan fingerprint density at radius 3 is 1.33 bits per heavy atom. The van der Waals surface area contributed by atoms with Crippen LogP contribution in [0.25, 0.3) is 0 Å². The molecule has 6 N–H and O–H groups in total. The Morgan fingerprint density at radius 1 is 0.569 bits per heavy atom. The number of carbonyl (C=O) groups excluding carboxylic acids is 6. The standard InChI is InChI=1S/C56H78N8O8/c1-33(57-9)49(65)61-47(55(3,4)5)53(69)63-31-39(29-45(63)51(67)59-43-26-15-20-35-18-11-13-24-41(35)43)71-37-22-17-23-38(28-37)72-40-30-46(52(68)60-44-27-16-21-36-19-12-14-25-42(36)44)64(32-40)54(70)48(56(6,7)8)62-50(66)34(2)58-10/h11-14,17-19,22-25,28,33-34,39-40,43-48,57-58H,15-16,20-21,26-27,29-32H2,1-10H3,(H,59,67)(H,60,68)(H,61,65)(H,62,66)/t33-,34-,39-,40-,43+,44?,45-,46-,47+,48+/m0/s1. The van der Waals surface area contributed by atoms with Gasteiger partial charge >= 0.3 is 0 Å². The molecule has 0 bridgehead atoms. The average Bonchev–Trinajstić information content (AvgIpc) is 3.98. The van der Waals surface area contributed by atoms with Crippen LogP contribution in [0.2, 0.25) is 0 Å². The molecular weight excluding hydrogens is 913 g/mol. The van der Waals surface area contributed by atoms with E-state index in [1.807, 2.05) is 77.9 Å². The molecule has 2 aliphatic heterocycles. The first-order chi connectivity index (χ1) is 34.2. The number of hydrogen-bond donors (Lipinski definition) is 6. The Labute approximate surface area is 425 Å². The minimum atomic E-state index is -0.934. The highest BCUT2D eigenvalue weighted by molar-refractivity contribution is 5.95. The van der Waals surface area contributed by atoms with Gasteiger partial charge < -0.3 is 51.2 Å². The summed E-state index contributed by atoms with van der Waals surface area (Å²) in [4.78, 5) is 88.1. The first kappa shape index (κ1) is 53.8. The van der Waals surface area contributed by atoms with E-state index in [2.05, 4.69) is 44.0 Å². The van der Waals surface area contributed by atoms with Gasteiger partial charge in [0.05, 0.1) is 37.3 Å². The molecule has 2 fully saturated rings. The fourth-order valence-electron chi connectivity index (χ4n) is 10.5. The fraction of sp³-hybridized carbons (Fsp3) is 0.571. The third kappa shape index (κ3) is 12.6. The monoisotopic (exact) mass is 991 g/mol. The number of benzene rings is 3. The molecule has 0 aromatic heterocycles. The Kier molecular flexibility index (Phi) is 17.1. The molecule has 4 aliphatic rings. The maximum Gasteiger partial charge on any atom is 0.246 e. The second-order valence-corrected chi connectivity index (χ2v) is 22.4. The number of aryl methyl sites for hydroxylation is 2. The van der Waals surface area contributed by atoms with Gasteiger partial charge in [0.15, 0.2) is 0 Å². The van der Waals surface area contributed by atoms with Crippen LogP contribution in [0.1, 0.15) is 128 Å². The number of likely N-dealkylation sites (tertiary alicyclic amines) is 2. The van der Waals surface area contributed by atoms with Gasteiger partial charge in [-0.3, -0.25) is 28.8 Å². The lowest BCUT2D eigenvalue weighted by Gasteiger charge is -2.36. The third-order valence-corrected chi connectivity index (χ3v) is 14.9. The summed E-state index contributed by atoms with van der Waals surface area (Å²) in [6.07, 6.45) is 4.47. The van der Waals surface area contributed by atoms with Gasteiger partial charge in [0, 0.05) is 18.9 Å². The van der Waals surface area contributed by atoms with E-state index < -0.39 is 59.3 Å². The van der Waals surface area contributed by atoms with Crippen LogP contribution in [-0.2, 0) is 41.6 Å². The molecule has 3 aromatic rings. The molecule has 16 nitrogen and oxygen atoms in total. The van der Waals surface area contributed by atoms with Crippen LogP contribution in [-0.4, -0.2) is 121 Å². The summed E-state index contributed by atoms with van der Waals surface area (Å²) in [5.41, 5.74) is 3.17. The summed E-state index contributed by atoms with van der Waals surface area (Å²) < 4.78 is 13.3. The van der Waals surface area contributed by atoms with Gasteiger partial charge in [-0.1, -0.05) is 96.1 Å². The number of amides is 6. The highest BCUT2D eigenvalue weighted by Gasteiger charge is 2.48. The van der Waals surface area contributed by atoms with Crippen molar-refractivity contribution in [3.05, 3.63) is 95.1 Å². The third-order valence-electron chi connectivity index (χ3n) is 14.9. The maximum atomic E-state index is 14.8. The van der Waals surface area contributed by atoms with Crippen LogP contribution in [0.4, 0.5) is 0 Å². The van der Waals surface area contributed by atoms with Gasteiger partial charge in [-0.25, -0.2) is 0 Å². The Hall–Kier alpha value is -6.00. The van der Waals surface area contributed by atoms with Gasteiger partial charge in [0.25, 0.3) is 0 Å². The molecule has 16 heteroatoms. The SMILES string of the molecule is CN[C@@H](C)C(=O)N[C@H](C(=O)N1C[C@@H](Oc2cccc(O[C@H]3C[C@@H](C(=O)N[C@@H]4CCCc5ccccc54)N(C(=O)[C@@H](NC(=O)[C@H](C)NC)C(C)(C)C)C3)c2)C[C@H]1C(=O)NC1CCCc2ccccc21)C(C)(C)C. The first-order valence-corrected chi connectivity index (χ1v) is 25.9. The lowest BCUT2D eigenvalue weighted by atomic mass is 9.85. The van der Waals surface area contributed by atoms with Crippen LogP contribution in [0.5, 0.6) is 11.5 Å². The van der Waals surface area contributed by atoms with Crippen molar-refractivity contribution in [2.45, 2.75) is 167 Å². The second-order valence-electron chi connectivity index (χ2n) is 22.4. The van der Waals surface area contributed by atoms with E-state index in [-0.39, 0.29) is 73.5 Å². The van der Waals surface area contributed by atoms with Gasteiger partial charge in [-0.05, 0) is 112 Å². The number of nitrogens with one attached hydrogen (secondary N) is 6. The highest BCUT2D eigenvalue weighted by atomic mass is 16.5. The Bertz CT molecular complexity index is 2290. The van der Waals surface area contributed by atoms with Crippen molar-refractivity contribution in [2.24, 2.45) is 10.8 Å². The quantitative estimate of drug-likeness (QED) is 0.113. The lowest BCUT2D eigenvalue weighted by molar-refractivity contribution is -0.144. The molecule has 0 saturated carbocycles. The zero-order valence-electron chi connectivity index (χ0n) is 43.9. The molecular formula is C56H78N8O8. The van der Waals surface area contributed by atoms with Crippen molar-refractivity contribution in [1.29, 1.82) is 0 Å². The summed E-state index contributed by atoms with van der Waals surface area (Å²) in [6, 6.07) is 18.2. The molecule has 10 atom stereocenters. The maximum absolute atomic E-state index is 14.8. The minimum Gasteiger partial charge on any atom is -0.488 e. The molecule has 0 radical (unpaired) electrons. The smallest absolute Gasteiger partial charge is 0.246 e. The Balaban J connectivity index is 1.11. The van der Waals surface area contributed by atoms with Gasteiger partial charge in [0.1, 0.15) is 47.9 Å². The average molecular weight is 991 g/mol. The van der Waals surface area contributed by atoms with E-state index in [1.165, 1.54) is 11.1 Å². The predicted octanol–water partition coefficient (Wildman–Crippen LogP) is 5.05. The zero-order valence-corrected chi connectivity index (χ0v) is 43.9. The van der Waals surface area contributed by atoms with Gasteiger partial charge in [-0.2, -0.15) is 0 Å². The highest BCUT2D eigenvalue weighted by Crippen LogP contribution is 2.35. The van der Waals surface area contributed by atoms with E-state index in [1.54, 1.807) is 62.0 Å². The number of carbonyl (C=O) groups is 6. The topological polar surface area (TPSA) is 200 Å². The summed E-state index contributed by atoms with van der Waals surface area (Å²) in [7, 11) is 3.36. The van der Waals surface area contributed by atoms with E-state index in [0.29, 0.717) is 11.5 Å². The van der Waals surface area contributed by atoms with Crippen LogP contribution in [0.15, 0.2) is 72.8 Å². The molecule has 390 valence electrons. The van der Waals surface area contributed by atoms with E-state index in [0.717, 1.165) is 49.7 Å². The van der Waals surface area contributed by atoms with Crippen molar-refractivity contribution in [1.82, 2.24) is 41.7 Å². The van der Waals surface area contributed by atoms with Crippen LogP contribution in [0.3, 0.4) is 0 Å². The molecule has 2 heterocycles. The van der Waals surface area contributed by atoms with Crippen molar-refractivity contribution < 1.29 is 38.2 Å². The lowest BCUT2D eigenvalue weighted by Crippen LogP contribution is -2.59. The van der Waals surface area contributed by atoms with Crippen molar-refractivity contribution in [3.63, 3.8) is 0 Å². The minimum absolute atomic E-state index is 0.0911. The normalized spacial score (nSPS) is 23.6. The fourth-order valence-corrected chi connectivity index (χ4v) is 10.5. The number of ether oxygens (including phenoxy) is 2. The molecule has 72 heavy (non-hydrogen) atoms. The summed E-state index contributed by atoms with van der Waals surface area (Å²) in [5, 5.41) is 18.4. The summed E-state index contributed by atoms with van der Waals surface area (Å²) in [6.45, 7) is 15.0. The molecule has 2 saturated heterocycles. The van der Waals surface area contributed by atoms with Crippen molar-refractivity contribution in [3.8, 4) is 11.5 Å². The number of likely N-dealkylation sites (N-methyl/N-ethyl adjacent to an activating group) is 2. The zero-order chi connectivity index (χ0) is 52.1. The number of rotatable bonds is 16. The predicted molar refractivity (Wildman–Crippen MR) is 276 cm³/mol. The van der Waals surface area contributed by atoms with Crippen LogP contribution >= 0.6 is 0 Å². The molecule has 1 unspecified atom stereocenters. The van der Waals surface area contributed by atoms with Gasteiger partial charge in [-0.15, -0.1) is 0 Å². The molecule has 0 spiro atoms. The van der Waals surface area contributed by atoms with Crippen molar-refractivity contribution >= 4 is 35.4 Å². The van der Waals surface area contributed by atoms with E-state index >= 15 is 0 Å². The van der Waals surface area contributed by atoms with Crippen LogP contribution < -0.4 is 41.4 Å². The molecule has 2 aliphatic carbocycles. The van der Waals surface area contributed by atoms with E-state index in [9.17, 15) is 28.8 Å². The molecule has 7 rings (SSSR count). The Morgan fingerprint density at radius 2 is 0.958 bits per heavy atom. The summed E-state index contributed by atoms with van der Waals surface area (Å²) >= 11 is 0. The number of fused-ring (bicyclic) bond motifs is 2. The molecule has 6 amide bonds. The first-order valence-electron chi connectivity index (χ1n) is 25.9. The summed E-state index contributed by atoms with van der Waals surface area (Å²) in [5.74, 6) is -1.08. The number of hydrogen-bond acceptors (Lipinski definition) is 10.